The average molecular weight is 803 g/mol. The minimum atomic E-state index is -2.28. The van der Waals surface area contributed by atoms with E-state index in [4.69, 9.17) is 9.92 Å². The van der Waals surface area contributed by atoms with Crippen LogP contribution in [-0.2, 0) is 4.94 Å². The van der Waals surface area contributed by atoms with Crippen molar-refractivity contribution in [3.63, 3.8) is 0 Å². The Balaban J connectivity index is 1.03. The zero-order valence-corrected chi connectivity index (χ0v) is 35.0. The molecular formula is C55H42N4OSi. The molecule has 0 saturated heterocycles. The van der Waals surface area contributed by atoms with Crippen LogP contribution in [0.25, 0.3) is 61.0 Å². The topological polar surface area (TPSA) is 33.5 Å². The van der Waals surface area contributed by atoms with E-state index in [2.05, 4.69) is 212 Å². The number of aromatic nitrogens is 2. The lowest BCUT2D eigenvalue weighted by molar-refractivity contribution is 0.156. The molecule has 292 valence electrons. The normalized spacial score (nSPS) is 12.6. The summed E-state index contributed by atoms with van der Waals surface area (Å²) in [6, 6.07) is 75.7. The second-order valence-corrected chi connectivity index (χ2v) is 20.5. The van der Waals surface area contributed by atoms with Gasteiger partial charge in [-0.05, 0) is 94.0 Å². The SMILES string of the molecule is C[Si](C)(c1cccc(N2ON(c3ccccc3)c3ccccc32)c1)c1ccc2c3ccccc3n(-c3cc(-c4c(-c5ccccc5)cccc4-c4ccccc4)ccn3)c2c1. The number of hydrogen-bond donors (Lipinski definition) is 0. The lowest BCUT2D eigenvalue weighted by Crippen LogP contribution is -2.52. The predicted molar refractivity (Wildman–Crippen MR) is 256 cm³/mol. The first-order valence-electron chi connectivity index (χ1n) is 20.8. The zero-order chi connectivity index (χ0) is 40.9. The highest BCUT2D eigenvalue weighted by atomic mass is 28.3. The van der Waals surface area contributed by atoms with E-state index in [1.54, 1.807) is 0 Å². The molecule has 0 fully saturated rings. The first-order valence-corrected chi connectivity index (χ1v) is 23.8. The number of anilines is 4. The van der Waals surface area contributed by atoms with E-state index in [1.165, 1.54) is 49.0 Å². The number of hydrogen-bond acceptors (Lipinski definition) is 4. The van der Waals surface area contributed by atoms with Gasteiger partial charge in [-0.15, -0.1) is 4.94 Å². The third-order valence-corrected chi connectivity index (χ3v) is 15.7. The number of nitrogens with zero attached hydrogens (tertiary/aromatic N) is 4. The van der Waals surface area contributed by atoms with Crippen LogP contribution in [0.2, 0.25) is 13.1 Å². The Morgan fingerprint density at radius 1 is 0.426 bits per heavy atom. The number of rotatable bonds is 8. The fraction of sp³-hybridized carbons (Fsp3) is 0.0364. The van der Waals surface area contributed by atoms with Gasteiger partial charge in [0.2, 0.25) is 0 Å². The van der Waals surface area contributed by atoms with Gasteiger partial charge in [-0.3, -0.25) is 4.57 Å². The van der Waals surface area contributed by atoms with Crippen molar-refractivity contribution >= 4 is 63.0 Å². The molecular weight excluding hydrogens is 761 g/mol. The Labute approximate surface area is 356 Å². The summed E-state index contributed by atoms with van der Waals surface area (Å²) in [6.45, 7) is 4.89. The van der Waals surface area contributed by atoms with Crippen LogP contribution in [0.3, 0.4) is 0 Å². The molecule has 0 unspecified atom stereocenters. The van der Waals surface area contributed by atoms with Crippen LogP contribution in [0.1, 0.15) is 0 Å². The Kier molecular flexibility index (Phi) is 8.96. The van der Waals surface area contributed by atoms with Gasteiger partial charge < -0.3 is 0 Å². The molecule has 0 bridgehead atoms. The summed E-state index contributed by atoms with van der Waals surface area (Å²) in [6.07, 6.45) is 1.97. The Hall–Kier alpha value is -7.51. The number of pyridine rings is 1. The summed E-state index contributed by atoms with van der Waals surface area (Å²) in [5.41, 5.74) is 13.3. The van der Waals surface area contributed by atoms with E-state index in [1.807, 2.05) is 34.5 Å². The fourth-order valence-corrected chi connectivity index (χ4v) is 11.3. The van der Waals surface area contributed by atoms with Crippen LogP contribution in [0, 0.1) is 0 Å². The van der Waals surface area contributed by atoms with Gasteiger partial charge >= 0.3 is 0 Å². The Morgan fingerprint density at radius 3 is 1.69 bits per heavy atom. The molecule has 10 aromatic rings. The maximum absolute atomic E-state index is 6.61. The van der Waals surface area contributed by atoms with E-state index in [9.17, 15) is 0 Å². The molecule has 0 aliphatic carbocycles. The third kappa shape index (κ3) is 6.32. The van der Waals surface area contributed by atoms with Crippen LogP contribution in [0.4, 0.5) is 22.7 Å². The number of para-hydroxylation sites is 4. The van der Waals surface area contributed by atoms with Crippen LogP contribution >= 0.6 is 0 Å². The standard InChI is InChI=1S/C55H42N4OSi/c1-61(2,44-25-16-24-43(37-44)59-52-31-15-14-30-51(52)58(60-59)42-22-10-5-11-23-42)45-32-33-49-48-26-12-13-29-50(48)57(53(49)38-45)54-36-41(34-35-56-54)55-46(39-18-6-3-7-19-39)27-17-28-47(55)40-20-8-4-9-21-40/h3-38H,1-2H3. The van der Waals surface area contributed by atoms with E-state index in [0.717, 1.165) is 45.2 Å². The molecule has 61 heavy (non-hydrogen) atoms. The van der Waals surface area contributed by atoms with Crippen molar-refractivity contribution in [2.75, 3.05) is 10.1 Å². The van der Waals surface area contributed by atoms with E-state index >= 15 is 0 Å². The number of benzene rings is 8. The molecule has 0 spiro atoms. The van der Waals surface area contributed by atoms with Crippen molar-refractivity contribution in [2.24, 2.45) is 0 Å². The predicted octanol–water partition coefficient (Wildman–Crippen LogP) is 13.1. The Bertz CT molecular complexity index is 3160. The van der Waals surface area contributed by atoms with Crippen molar-refractivity contribution in [2.45, 2.75) is 13.1 Å². The summed E-state index contributed by atoms with van der Waals surface area (Å²) in [5.74, 6) is 0.886. The van der Waals surface area contributed by atoms with Gasteiger partial charge in [0.05, 0.1) is 33.8 Å². The second kappa shape index (κ2) is 14.9. The van der Waals surface area contributed by atoms with Crippen molar-refractivity contribution in [1.29, 1.82) is 0 Å². The summed E-state index contributed by atoms with van der Waals surface area (Å²) >= 11 is 0. The Morgan fingerprint density at radius 2 is 0.984 bits per heavy atom. The highest BCUT2D eigenvalue weighted by molar-refractivity contribution is 7.00. The van der Waals surface area contributed by atoms with Crippen molar-refractivity contribution in [3.05, 3.63) is 219 Å². The maximum atomic E-state index is 6.61. The second-order valence-electron chi connectivity index (χ2n) is 16.1. The van der Waals surface area contributed by atoms with Gasteiger partial charge in [0.25, 0.3) is 0 Å². The van der Waals surface area contributed by atoms with Crippen LogP contribution in [0.5, 0.6) is 0 Å². The monoisotopic (exact) mass is 802 g/mol. The molecule has 11 rings (SSSR count). The minimum absolute atomic E-state index is 0.886. The fourth-order valence-electron chi connectivity index (χ4n) is 8.98. The van der Waals surface area contributed by atoms with Crippen LogP contribution in [-0.4, -0.2) is 17.6 Å². The molecule has 0 radical (unpaired) electrons. The smallest absolute Gasteiger partial charge is 0.138 e. The third-order valence-electron chi connectivity index (χ3n) is 12.2. The molecule has 0 atom stereocenters. The van der Waals surface area contributed by atoms with E-state index < -0.39 is 8.07 Å². The molecule has 5 nitrogen and oxygen atoms in total. The highest BCUT2D eigenvalue weighted by Gasteiger charge is 2.32. The minimum Gasteiger partial charge on any atom is -0.294 e. The molecule has 3 heterocycles. The zero-order valence-electron chi connectivity index (χ0n) is 34.0. The highest BCUT2D eigenvalue weighted by Crippen LogP contribution is 2.45. The molecule has 0 N–H and O–H groups in total. The van der Waals surface area contributed by atoms with E-state index in [0.29, 0.717) is 0 Å². The van der Waals surface area contributed by atoms with Crippen molar-refractivity contribution in [3.8, 4) is 39.2 Å². The van der Waals surface area contributed by atoms with Crippen molar-refractivity contribution in [1.82, 2.24) is 9.55 Å². The van der Waals surface area contributed by atoms with Gasteiger partial charge in [0.15, 0.2) is 0 Å². The summed E-state index contributed by atoms with van der Waals surface area (Å²) in [4.78, 5) is 11.7. The summed E-state index contributed by atoms with van der Waals surface area (Å²) < 4.78 is 2.36. The molecule has 6 heteroatoms. The number of fused-ring (bicyclic) bond motifs is 4. The molecule has 0 saturated carbocycles. The molecule has 0 amide bonds. The molecule has 1 aliphatic rings. The molecule has 1 aliphatic heterocycles. The van der Waals surface area contributed by atoms with Gasteiger partial charge in [0, 0.05) is 17.0 Å². The quantitative estimate of drug-likeness (QED) is 0.143. The lowest BCUT2D eigenvalue weighted by Gasteiger charge is -2.26. The van der Waals surface area contributed by atoms with Gasteiger partial charge in [-0.1, -0.05) is 175 Å². The largest absolute Gasteiger partial charge is 0.294 e. The van der Waals surface area contributed by atoms with E-state index in [-0.39, 0.29) is 0 Å². The molecule has 8 aromatic carbocycles. The first kappa shape index (κ1) is 36.6. The van der Waals surface area contributed by atoms with Gasteiger partial charge in [0.1, 0.15) is 13.9 Å². The maximum Gasteiger partial charge on any atom is 0.138 e. The van der Waals surface area contributed by atoms with Crippen molar-refractivity contribution < 1.29 is 4.94 Å². The first-order chi connectivity index (χ1) is 30.0. The summed E-state index contributed by atoms with van der Waals surface area (Å²) in [5, 5.41) is 8.94. The van der Waals surface area contributed by atoms with Gasteiger partial charge in [-0.25, -0.2) is 4.98 Å². The summed E-state index contributed by atoms with van der Waals surface area (Å²) in [7, 11) is -2.28. The average Bonchev–Trinajstić information content (AvgIpc) is 3.88. The lowest BCUT2D eigenvalue weighted by atomic mass is 9.88. The van der Waals surface area contributed by atoms with Crippen LogP contribution in [0.15, 0.2) is 219 Å². The van der Waals surface area contributed by atoms with Crippen LogP contribution < -0.4 is 20.5 Å². The van der Waals surface area contributed by atoms with Gasteiger partial charge in [-0.2, -0.15) is 10.1 Å². The molecule has 2 aromatic heterocycles.